The summed E-state index contributed by atoms with van der Waals surface area (Å²) in [6.07, 6.45) is 0. The lowest BCUT2D eigenvalue weighted by Gasteiger charge is -1.90. The van der Waals surface area contributed by atoms with E-state index >= 15 is 0 Å². The molecule has 0 fully saturated rings. The average molecular weight is 237 g/mol. The van der Waals surface area contributed by atoms with Gasteiger partial charge in [-0.1, -0.05) is 29.8 Å². The van der Waals surface area contributed by atoms with Crippen LogP contribution in [0.2, 0.25) is 5.15 Å². The van der Waals surface area contributed by atoms with Crippen molar-refractivity contribution in [2.24, 2.45) is 0 Å². The number of nitrogens with one attached hydrogen (secondary N) is 1. The Kier molecular flexibility index (Phi) is 1.81. The number of nitrogens with zero attached hydrogens (tertiary/aromatic N) is 1. The predicted octanol–water partition coefficient (Wildman–Crippen LogP) is 2.79. The Hall–Kier alpha value is -1.39. The molecule has 1 aromatic carbocycles. The van der Waals surface area contributed by atoms with Gasteiger partial charge in [0.2, 0.25) is 0 Å². The third-order valence-electron chi connectivity index (χ3n) is 2.20. The van der Waals surface area contributed by atoms with Crippen LogP contribution >= 0.6 is 22.9 Å². The second-order valence-corrected chi connectivity index (χ2v) is 4.52. The molecule has 3 aromatic rings. The zero-order chi connectivity index (χ0) is 10.4. The number of hydrogen-bond acceptors (Lipinski definition) is 3. The lowest BCUT2D eigenvalue weighted by molar-refractivity contribution is 1.24. The minimum absolute atomic E-state index is 0.00550. The Morgan fingerprint density at radius 2 is 2.13 bits per heavy atom. The van der Waals surface area contributed by atoms with Crippen LogP contribution in [0.25, 0.3) is 20.4 Å². The summed E-state index contributed by atoms with van der Waals surface area (Å²) < 4.78 is 1.10. The summed E-state index contributed by atoms with van der Waals surface area (Å²) in [5, 5.41) is 1.01. The van der Waals surface area contributed by atoms with Crippen LogP contribution in [0.1, 0.15) is 0 Å². The fraction of sp³-hybridized carbons (Fsp3) is 0. The molecule has 3 rings (SSSR count). The molecule has 1 N–H and O–H groups in total. The van der Waals surface area contributed by atoms with Crippen molar-refractivity contribution in [3.8, 4) is 0 Å². The van der Waals surface area contributed by atoms with Crippen molar-refractivity contribution in [2.45, 2.75) is 0 Å². The topological polar surface area (TPSA) is 45.8 Å². The fourth-order valence-electron chi connectivity index (χ4n) is 1.54. The van der Waals surface area contributed by atoms with Gasteiger partial charge >= 0.3 is 0 Å². The highest BCUT2D eigenvalue weighted by molar-refractivity contribution is 7.25. The van der Waals surface area contributed by atoms with E-state index in [4.69, 9.17) is 11.6 Å². The van der Waals surface area contributed by atoms with Crippen LogP contribution in [-0.2, 0) is 0 Å². The zero-order valence-corrected chi connectivity index (χ0v) is 9.02. The number of hydrogen-bond donors (Lipinski definition) is 1. The molecule has 2 aromatic heterocycles. The number of aromatic amines is 1. The summed E-state index contributed by atoms with van der Waals surface area (Å²) in [6.45, 7) is 0. The minimum atomic E-state index is -0.340. The molecule has 0 amide bonds. The van der Waals surface area contributed by atoms with E-state index in [9.17, 15) is 4.79 Å². The SMILES string of the molecule is O=c1[nH]c2c(nc1Cl)sc1ccccc12. The highest BCUT2D eigenvalue weighted by Gasteiger charge is 2.08. The number of halogens is 1. The van der Waals surface area contributed by atoms with Gasteiger partial charge in [0, 0.05) is 10.1 Å². The molecule has 15 heavy (non-hydrogen) atoms. The van der Waals surface area contributed by atoms with E-state index < -0.39 is 0 Å². The second-order valence-electron chi connectivity index (χ2n) is 3.14. The van der Waals surface area contributed by atoms with E-state index in [0.717, 1.165) is 20.4 Å². The maximum absolute atomic E-state index is 11.3. The van der Waals surface area contributed by atoms with Gasteiger partial charge < -0.3 is 4.98 Å². The van der Waals surface area contributed by atoms with Crippen LogP contribution in [0, 0.1) is 0 Å². The molecule has 0 atom stereocenters. The summed E-state index contributed by atoms with van der Waals surface area (Å²) in [5.41, 5.74) is 0.428. The first kappa shape index (κ1) is 8.88. The van der Waals surface area contributed by atoms with E-state index in [0.29, 0.717) is 0 Å². The molecular formula is C10H5ClN2OS. The fourth-order valence-corrected chi connectivity index (χ4v) is 2.75. The van der Waals surface area contributed by atoms with Gasteiger partial charge in [-0.25, -0.2) is 4.98 Å². The van der Waals surface area contributed by atoms with E-state index in [1.54, 1.807) is 0 Å². The van der Waals surface area contributed by atoms with Gasteiger partial charge in [-0.3, -0.25) is 4.79 Å². The molecule has 0 aliphatic rings. The molecule has 0 spiro atoms. The molecular weight excluding hydrogens is 232 g/mol. The Balaban J connectivity index is 2.61. The molecule has 3 nitrogen and oxygen atoms in total. The molecule has 0 aliphatic carbocycles. The van der Waals surface area contributed by atoms with Crippen molar-refractivity contribution in [3.63, 3.8) is 0 Å². The normalized spacial score (nSPS) is 11.3. The van der Waals surface area contributed by atoms with Gasteiger partial charge in [-0.05, 0) is 6.07 Å². The molecule has 0 aliphatic heterocycles. The third-order valence-corrected chi connectivity index (χ3v) is 3.52. The van der Waals surface area contributed by atoms with Gasteiger partial charge in [0.15, 0.2) is 5.15 Å². The zero-order valence-electron chi connectivity index (χ0n) is 7.45. The second kappa shape index (κ2) is 3.05. The Morgan fingerprint density at radius 3 is 3.00 bits per heavy atom. The monoisotopic (exact) mass is 236 g/mol. The number of fused-ring (bicyclic) bond motifs is 3. The highest BCUT2D eigenvalue weighted by atomic mass is 35.5. The number of rotatable bonds is 0. The van der Waals surface area contributed by atoms with Crippen LogP contribution in [-0.4, -0.2) is 9.97 Å². The van der Waals surface area contributed by atoms with E-state index in [1.807, 2.05) is 24.3 Å². The lowest BCUT2D eigenvalue weighted by Crippen LogP contribution is -2.06. The summed E-state index contributed by atoms with van der Waals surface area (Å²) in [6, 6.07) is 7.84. The van der Waals surface area contributed by atoms with Crippen molar-refractivity contribution in [2.75, 3.05) is 0 Å². The number of H-pyrrole nitrogens is 1. The van der Waals surface area contributed by atoms with E-state index in [2.05, 4.69) is 9.97 Å². The molecule has 2 heterocycles. The van der Waals surface area contributed by atoms with E-state index in [1.165, 1.54) is 11.3 Å². The molecule has 0 unspecified atom stereocenters. The standard InChI is InChI=1S/C10H5ClN2OS/c11-8-9(14)12-7-5-3-1-2-4-6(5)15-10(7)13-8/h1-4H,(H,12,14). The molecule has 0 radical (unpaired) electrons. The maximum Gasteiger partial charge on any atom is 0.286 e. The van der Waals surface area contributed by atoms with Crippen molar-refractivity contribution in [1.82, 2.24) is 9.97 Å². The van der Waals surface area contributed by atoms with Crippen molar-refractivity contribution >= 4 is 43.4 Å². The van der Waals surface area contributed by atoms with Crippen LogP contribution in [0.15, 0.2) is 29.1 Å². The van der Waals surface area contributed by atoms with Gasteiger partial charge in [0.1, 0.15) is 4.83 Å². The summed E-state index contributed by atoms with van der Waals surface area (Å²) >= 11 is 7.19. The van der Waals surface area contributed by atoms with Gasteiger partial charge in [0.25, 0.3) is 5.56 Å². The van der Waals surface area contributed by atoms with Crippen LogP contribution < -0.4 is 5.56 Å². The first-order chi connectivity index (χ1) is 7.25. The van der Waals surface area contributed by atoms with Crippen LogP contribution in [0.3, 0.4) is 0 Å². The van der Waals surface area contributed by atoms with Crippen molar-refractivity contribution in [3.05, 3.63) is 39.8 Å². The van der Waals surface area contributed by atoms with Gasteiger partial charge in [0.05, 0.1) is 5.52 Å². The summed E-state index contributed by atoms with van der Waals surface area (Å²) in [7, 11) is 0. The minimum Gasteiger partial charge on any atom is -0.317 e. The Morgan fingerprint density at radius 1 is 1.33 bits per heavy atom. The molecule has 0 saturated heterocycles. The first-order valence-corrected chi connectivity index (χ1v) is 5.52. The maximum atomic E-state index is 11.3. The third kappa shape index (κ3) is 1.26. The highest BCUT2D eigenvalue weighted by Crippen LogP contribution is 2.30. The number of aromatic nitrogens is 2. The summed E-state index contributed by atoms with van der Waals surface area (Å²) in [5.74, 6) is 0. The first-order valence-electron chi connectivity index (χ1n) is 4.33. The average Bonchev–Trinajstić information content (AvgIpc) is 2.57. The lowest BCUT2D eigenvalue weighted by atomic mass is 10.2. The Labute approximate surface area is 93.3 Å². The number of thiophene rings is 1. The number of benzene rings is 1. The van der Waals surface area contributed by atoms with Gasteiger partial charge in [-0.15, -0.1) is 11.3 Å². The molecule has 5 heteroatoms. The predicted molar refractivity (Wildman–Crippen MR) is 62.8 cm³/mol. The van der Waals surface area contributed by atoms with Crippen molar-refractivity contribution in [1.29, 1.82) is 0 Å². The molecule has 0 bridgehead atoms. The Bertz CT molecular complexity index is 716. The van der Waals surface area contributed by atoms with Gasteiger partial charge in [-0.2, -0.15) is 0 Å². The molecule has 0 saturated carbocycles. The summed E-state index contributed by atoms with van der Waals surface area (Å²) in [4.78, 5) is 18.9. The van der Waals surface area contributed by atoms with Crippen LogP contribution in [0.4, 0.5) is 0 Å². The molecule has 74 valence electrons. The van der Waals surface area contributed by atoms with E-state index in [-0.39, 0.29) is 10.7 Å². The largest absolute Gasteiger partial charge is 0.317 e. The quantitative estimate of drug-likeness (QED) is 0.652. The van der Waals surface area contributed by atoms with Crippen molar-refractivity contribution < 1.29 is 0 Å². The van der Waals surface area contributed by atoms with Crippen LogP contribution in [0.5, 0.6) is 0 Å². The smallest absolute Gasteiger partial charge is 0.286 e.